The minimum absolute atomic E-state index is 0.0177. The van der Waals surface area contributed by atoms with Crippen LogP contribution in [0.15, 0.2) is 78.9 Å². The molecular formula is C30H30N4O5. The quantitative estimate of drug-likeness (QED) is 0.151. The highest BCUT2D eigenvalue weighted by Crippen LogP contribution is 2.44. The van der Waals surface area contributed by atoms with Gasteiger partial charge in [0, 0.05) is 12.5 Å². The van der Waals surface area contributed by atoms with E-state index in [-0.39, 0.29) is 25.6 Å². The van der Waals surface area contributed by atoms with Gasteiger partial charge in [0.15, 0.2) is 0 Å². The van der Waals surface area contributed by atoms with Gasteiger partial charge in [-0.3, -0.25) is 4.79 Å². The molecule has 0 spiro atoms. The number of nitrogens with zero attached hydrogens (tertiary/aromatic N) is 2. The van der Waals surface area contributed by atoms with Gasteiger partial charge in [0.05, 0.1) is 0 Å². The van der Waals surface area contributed by atoms with Crippen LogP contribution in [-0.2, 0) is 20.9 Å². The molecule has 0 aliphatic heterocycles. The Hall–Kier alpha value is -4.75. The average Bonchev–Trinajstić information content (AvgIpc) is 3.28. The third kappa shape index (κ3) is 7.40. The molecule has 0 heterocycles. The van der Waals surface area contributed by atoms with E-state index in [0.29, 0.717) is 19.4 Å². The molecule has 0 bridgehead atoms. The third-order valence-electron chi connectivity index (χ3n) is 6.57. The van der Waals surface area contributed by atoms with Crippen LogP contribution in [0.5, 0.6) is 0 Å². The summed E-state index contributed by atoms with van der Waals surface area (Å²) in [6, 6.07) is 24.5. The van der Waals surface area contributed by atoms with Gasteiger partial charge in [-0.05, 0) is 47.1 Å². The summed E-state index contributed by atoms with van der Waals surface area (Å²) >= 11 is 0. The van der Waals surface area contributed by atoms with Crippen molar-refractivity contribution < 1.29 is 28.6 Å². The minimum Gasteiger partial charge on any atom is -0.449 e. The number of benzene rings is 3. The molecule has 3 aromatic rings. The molecule has 2 amide bonds. The number of ether oxygens (including phenoxy) is 2. The van der Waals surface area contributed by atoms with Crippen molar-refractivity contribution in [3.05, 3.63) is 101 Å². The van der Waals surface area contributed by atoms with Crippen LogP contribution in [0.25, 0.3) is 16.7 Å². The second-order valence-electron chi connectivity index (χ2n) is 9.15. The predicted octanol–water partition coefficient (Wildman–Crippen LogP) is 4.86. The van der Waals surface area contributed by atoms with Gasteiger partial charge in [0.1, 0.15) is 19.3 Å². The number of ketones is 1. The van der Waals surface area contributed by atoms with Gasteiger partial charge in [-0.2, -0.15) is 4.79 Å². The molecule has 0 aromatic heterocycles. The Labute approximate surface area is 226 Å². The van der Waals surface area contributed by atoms with Gasteiger partial charge in [-0.1, -0.05) is 78.9 Å². The first-order chi connectivity index (χ1) is 19.1. The highest BCUT2D eigenvalue weighted by molar-refractivity contribution is 6.28. The van der Waals surface area contributed by atoms with Crippen LogP contribution >= 0.6 is 0 Å². The summed E-state index contributed by atoms with van der Waals surface area (Å²) in [6.07, 6.45) is 0.817. The standard InChI is InChI=1S/C30H30N4O5/c31-33-18-28(35)27(34-30(37)38-19-21-10-2-1-3-11-21)16-8-9-17-32-29(36)39-20-26-24-14-6-4-12-22(24)23-13-5-7-15-25(23)26/h1-7,10-15,18,26-27H,8-9,16-17,19-20H2,(H,32,36)(H,34,37)/t27-/m0/s1. The summed E-state index contributed by atoms with van der Waals surface area (Å²) in [5.41, 5.74) is 14.1. The normalized spacial score (nSPS) is 12.3. The third-order valence-corrected chi connectivity index (χ3v) is 6.57. The van der Waals surface area contributed by atoms with Gasteiger partial charge in [-0.15, -0.1) is 0 Å². The molecule has 9 nitrogen and oxygen atoms in total. The number of rotatable bonds is 12. The summed E-state index contributed by atoms with van der Waals surface area (Å²) in [6.45, 7) is 0.627. The first-order valence-corrected chi connectivity index (χ1v) is 12.8. The zero-order chi connectivity index (χ0) is 27.5. The lowest BCUT2D eigenvalue weighted by molar-refractivity contribution is -0.118. The number of unbranched alkanes of at least 4 members (excludes halogenated alkanes) is 1. The van der Waals surface area contributed by atoms with Crippen molar-refractivity contribution in [2.24, 2.45) is 0 Å². The van der Waals surface area contributed by atoms with Crippen molar-refractivity contribution in [3.63, 3.8) is 0 Å². The molecule has 0 saturated carbocycles. The smallest absolute Gasteiger partial charge is 0.408 e. The van der Waals surface area contributed by atoms with E-state index in [9.17, 15) is 14.4 Å². The molecule has 4 rings (SSSR count). The topological polar surface area (TPSA) is 130 Å². The number of fused-ring (bicyclic) bond motifs is 3. The lowest BCUT2D eigenvalue weighted by atomic mass is 9.98. The molecule has 0 unspecified atom stereocenters. The second kappa shape index (κ2) is 13.7. The maximum absolute atomic E-state index is 12.3. The number of alkyl carbamates (subject to hydrolysis) is 2. The highest BCUT2D eigenvalue weighted by Gasteiger charge is 2.29. The molecule has 1 aliphatic carbocycles. The fourth-order valence-corrected chi connectivity index (χ4v) is 4.65. The fraction of sp³-hybridized carbons (Fsp3) is 0.267. The van der Waals surface area contributed by atoms with E-state index < -0.39 is 24.0 Å². The van der Waals surface area contributed by atoms with Crippen LogP contribution in [0.2, 0.25) is 0 Å². The number of hydrogen-bond acceptors (Lipinski definition) is 5. The van der Waals surface area contributed by atoms with Gasteiger partial charge in [0.2, 0.25) is 0 Å². The molecule has 9 heteroatoms. The molecule has 0 saturated heterocycles. The van der Waals surface area contributed by atoms with Gasteiger partial charge >= 0.3 is 18.4 Å². The van der Waals surface area contributed by atoms with E-state index in [0.717, 1.165) is 34.0 Å². The Morgan fingerprint density at radius 1 is 0.846 bits per heavy atom. The molecule has 1 atom stereocenters. The average molecular weight is 527 g/mol. The molecular weight excluding hydrogens is 496 g/mol. The van der Waals surface area contributed by atoms with Crippen LogP contribution in [0, 0.1) is 0 Å². The molecule has 200 valence electrons. The summed E-state index contributed by atoms with van der Waals surface area (Å²) in [5.74, 6) is -0.575. The number of carbonyl (C=O) groups excluding carboxylic acids is 3. The summed E-state index contributed by atoms with van der Waals surface area (Å²) in [7, 11) is 0. The van der Waals surface area contributed by atoms with Crippen molar-refractivity contribution >= 4 is 24.2 Å². The lowest BCUT2D eigenvalue weighted by Crippen LogP contribution is -2.41. The van der Waals surface area contributed by atoms with Gasteiger partial charge in [0.25, 0.3) is 5.78 Å². The Kier molecular flexibility index (Phi) is 9.58. The van der Waals surface area contributed by atoms with Gasteiger partial charge in [-0.25, -0.2) is 9.59 Å². The maximum Gasteiger partial charge on any atom is 0.408 e. The largest absolute Gasteiger partial charge is 0.449 e. The lowest BCUT2D eigenvalue weighted by Gasteiger charge is -2.15. The van der Waals surface area contributed by atoms with E-state index in [1.807, 2.05) is 54.6 Å². The van der Waals surface area contributed by atoms with Crippen molar-refractivity contribution in [1.82, 2.24) is 10.6 Å². The SMILES string of the molecule is [N-]=[N+]=CC(=O)[C@H](CCCCNC(=O)OCC1c2ccccc2-c2ccccc21)NC(=O)OCc1ccccc1. The maximum atomic E-state index is 12.3. The molecule has 39 heavy (non-hydrogen) atoms. The zero-order valence-corrected chi connectivity index (χ0v) is 21.4. The van der Waals surface area contributed by atoms with Crippen molar-refractivity contribution in [2.75, 3.05) is 13.2 Å². The summed E-state index contributed by atoms with van der Waals surface area (Å²) in [4.78, 5) is 39.5. The first kappa shape index (κ1) is 27.3. The van der Waals surface area contributed by atoms with Crippen LogP contribution in [-0.4, -0.2) is 48.2 Å². The monoisotopic (exact) mass is 526 g/mol. The molecule has 3 aromatic carbocycles. The van der Waals surface area contributed by atoms with E-state index in [4.69, 9.17) is 15.0 Å². The number of hydrogen-bond donors (Lipinski definition) is 2. The summed E-state index contributed by atoms with van der Waals surface area (Å²) < 4.78 is 10.7. The minimum atomic E-state index is -0.918. The Balaban J connectivity index is 1.19. The van der Waals surface area contributed by atoms with Crippen molar-refractivity contribution in [1.29, 1.82) is 0 Å². The Bertz CT molecular complexity index is 1310. The van der Waals surface area contributed by atoms with E-state index in [1.54, 1.807) is 0 Å². The van der Waals surface area contributed by atoms with Crippen LogP contribution in [0.1, 0.15) is 41.9 Å². The van der Waals surface area contributed by atoms with E-state index in [2.05, 4.69) is 39.7 Å². The Morgan fingerprint density at radius 2 is 1.49 bits per heavy atom. The molecule has 2 N–H and O–H groups in total. The second-order valence-corrected chi connectivity index (χ2v) is 9.15. The van der Waals surface area contributed by atoms with E-state index in [1.165, 1.54) is 0 Å². The number of carbonyl (C=O) groups is 3. The van der Waals surface area contributed by atoms with Crippen LogP contribution in [0.3, 0.4) is 0 Å². The van der Waals surface area contributed by atoms with Gasteiger partial charge < -0.3 is 25.6 Å². The number of Topliss-reactive ketones (excluding diaryl/α,β-unsaturated/α-hetero) is 1. The molecule has 0 radical (unpaired) electrons. The van der Waals surface area contributed by atoms with E-state index >= 15 is 0 Å². The predicted molar refractivity (Wildman–Crippen MR) is 145 cm³/mol. The van der Waals surface area contributed by atoms with Crippen LogP contribution < -0.4 is 10.6 Å². The summed E-state index contributed by atoms with van der Waals surface area (Å²) in [5, 5.41) is 5.25. The first-order valence-electron chi connectivity index (χ1n) is 12.8. The molecule has 0 fully saturated rings. The van der Waals surface area contributed by atoms with Crippen molar-refractivity contribution in [2.45, 2.75) is 37.8 Å². The fourth-order valence-electron chi connectivity index (χ4n) is 4.65. The number of amides is 2. The van der Waals surface area contributed by atoms with Crippen molar-refractivity contribution in [3.8, 4) is 11.1 Å². The number of nitrogens with one attached hydrogen (secondary N) is 2. The zero-order valence-electron chi connectivity index (χ0n) is 21.4. The molecule has 1 aliphatic rings. The highest BCUT2D eigenvalue weighted by atomic mass is 16.6. The van der Waals surface area contributed by atoms with Crippen LogP contribution in [0.4, 0.5) is 9.59 Å². The Morgan fingerprint density at radius 3 is 2.15 bits per heavy atom.